The van der Waals surface area contributed by atoms with Gasteiger partial charge in [-0.05, 0) is 38.8 Å². The standard InChI is InChI=1S/C15H20F2N2O/c1-9(13-10(16)5-3-6-11(13)17)19-14(20)15(2)8-4-7-12(15)18/h3,5-6,9,12H,4,7-8,18H2,1-2H3,(H,19,20). The van der Waals surface area contributed by atoms with Crippen LogP contribution in [0.4, 0.5) is 8.78 Å². The molecule has 3 unspecified atom stereocenters. The first-order chi connectivity index (χ1) is 9.36. The summed E-state index contributed by atoms with van der Waals surface area (Å²) in [7, 11) is 0. The van der Waals surface area contributed by atoms with Gasteiger partial charge in [0.05, 0.1) is 11.5 Å². The van der Waals surface area contributed by atoms with Crippen molar-refractivity contribution in [3.63, 3.8) is 0 Å². The Hall–Kier alpha value is -1.49. The van der Waals surface area contributed by atoms with Gasteiger partial charge in [-0.25, -0.2) is 8.78 Å². The van der Waals surface area contributed by atoms with Crippen molar-refractivity contribution < 1.29 is 13.6 Å². The van der Waals surface area contributed by atoms with Crippen LogP contribution in [0.15, 0.2) is 18.2 Å². The number of halogens is 2. The van der Waals surface area contributed by atoms with E-state index in [0.29, 0.717) is 6.42 Å². The number of nitrogens with two attached hydrogens (primary N) is 1. The van der Waals surface area contributed by atoms with E-state index in [-0.39, 0.29) is 17.5 Å². The van der Waals surface area contributed by atoms with E-state index in [9.17, 15) is 13.6 Å². The van der Waals surface area contributed by atoms with Crippen LogP contribution in [-0.4, -0.2) is 11.9 Å². The second kappa shape index (κ2) is 5.48. The summed E-state index contributed by atoms with van der Waals surface area (Å²) in [5.41, 5.74) is 5.21. The molecule has 1 saturated carbocycles. The Morgan fingerprint density at radius 3 is 2.55 bits per heavy atom. The maximum atomic E-state index is 13.7. The van der Waals surface area contributed by atoms with E-state index >= 15 is 0 Å². The van der Waals surface area contributed by atoms with Gasteiger partial charge in [0.1, 0.15) is 11.6 Å². The van der Waals surface area contributed by atoms with Crippen LogP contribution in [0.1, 0.15) is 44.7 Å². The predicted octanol–water partition coefficient (Wildman–Crippen LogP) is 2.66. The maximum Gasteiger partial charge on any atom is 0.227 e. The van der Waals surface area contributed by atoms with Gasteiger partial charge in [-0.1, -0.05) is 12.5 Å². The van der Waals surface area contributed by atoms with Gasteiger partial charge in [0.2, 0.25) is 5.91 Å². The number of carbonyl (C=O) groups is 1. The average molecular weight is 282 g/mol. The second-order valence-electron chi connectivity index (χ2n) is 5.75. The van der Waals surface area contributed by atoms with Crippen LogP contribution in [0.3, 0.4) is 0 Å². The van der Waals surface area contributed by atoms with Crippen molar-refractivity contribution in [2.24, 2.45) is 11.1 Å². The van der Waals surface area contributed by atoms with E-state index in [1.165, 1.54) is 18.2 Å². The maximum absolute atomic E-state index is 13.7. The summed E-state index contributed by atoms with van der Waals surface area (Å²) in [6.45, 7) is 3.38. The molecule has 0 radical (unpaired) electrons. The van der Waals surface area contributed by atoms with Gasteiger partial charge in [0.15, 0.2) is 0 Å². The molecule has 3 nitrogen and oxygen atoms in total. The van der Waals surface area contributed by atoms with Crippen molar-refractivity contribution in [2.75, 3.05) is 0 Å². The summed E-state index contributed by atoms with van der Waals surface area (Å²) in [6, 6.07) is 2.74. The smallest absolute Gasteiger partial charge is 0.227 e. The normalized spacial score (nSPS) is 27.4. The molecule has 0 spiro atoms. The largest absolute Gasteiger partial charge is 0.349 e. The van der Waals surface area contributed by atoms with Gasteiger partial charge in [-0.2, -0.15) is 0 Å². The van der Waals surface area contributed by atoms with Gasteiger partial charge >= 0.3 is 0 Å². The molecule has 0 saturated heterocycles. The first-order valence-corrected chi connectivity index (χ1v) is 6.86. The predicted molar refractivity (Wildman–Crippen MR) is 72.8 cm³/mol. The molecule has 1 aromatic rings. The summed E-state index contributed by atoms with van der Waals surface area (Å²) in [5, 5.41) is 2.69. The van der Waals surface area contributed by atoms with Crippen LogP contribution in [-0.2, 0) is 4.79 Å². The zero-order valence-corrected chi connectivity index (χ0v) is 11.7. The lowest BCUT2D eigenvalue weighted by atomic mass is 9.84. The third-order valence-electron chi connectivity index (χ3n) is 4.33. The number of carbonyl (C=O) groups excluding carboxylic acids is 1. The van der Waals surface area contributed by atoms with E-state index in [1.54, 1.807) is 6.92 Å². The average Bonchev–Trinajstić information content (AvgIpc) is 2.70. The molecule has 1 amide bonds. The van der Waals surface area contributed by atoms with E-state index < -0.39 is 23.1 Å². The highest BCUT2D eigenvalue weighted by Gasteiger charge is 2.43. The molecule has 1 aliphatic carbocycles. The Morgan fingerprint density at radius 1 is 1.45 bits per heavy atom. The highest BCUT2D eigenvalue weighted by atomic mass is 19.1. The lowest BCUT2D eigenvalue weighted by Crippen LogP contribution is -2.48. The van der Waals surface area contributed by atoms with Gasteiger partial charge in [0.25, 0.3) is 0 Å². The summed E-state index contributed by atoms with van der Waals surface area (Å²) in [5.74, 6) is -1.55. The molecule has 110 valence electrons. The Bertz CT molecular complexity index is 500. The van der Waals surface area contributed by atoms with Gasteiger partial charge in [0, 0.05) is 11.6 Å². The minimum Gasteiger partial charge on any atom is -0.349 e. The van der Waals surface area contributed by atoms with E-state index in [2.05, 4.69) is 5.32 Å². The molecular formula is C15H20F2N2O. The number of hydrogen-bond acceptors (Lipinski definition) is 2. The topological polar surface area (TPSA) is 55.1 Å². The van der Waals surface area contributed by atoms with Crippen LogP contribution >= 0.6 is 0 Å². The summed E-state index contributed by atoms with van der Waals surface area (Å²) in [6.07, 6.45) is 2.40. The number of amides is 1. The second-order valence-corrected chi connectivity index (χ2v) is 5.75. The number of hydrogen-bond donors (Lipinski definition) is 2. The van der Waals surface area contributed by atoms with E-state index in [4.69, 9.17) is 5.73 Å². The van der Waals surface area contributed by atoms with Crippen LogP contribution in [0, 0.1) is 17.0 Å². The van der Waals surface area contributed by atoms with Crippen molar-refractivity contribution >= 4 is 5.91 Å². The van der Waals surface area contributed by atoms with Crippen molar-refractivity contribution in [3.8, 4) is 0 Å². The third kappa shape index (κ3) is 2.54. The lowest BCUT2D eigenvalue weighted by molar-refractivity contribution is -0.131. The summed E-state index contributed by atoms with van der Waals surface area (Å²) < 4.78 is 27.4. The zero-order valence-electron chi connectivity index (χ0n) is 11.7. The molecule has 5 heteroatoms. The molecule has 0 bridgehead atoms. The Morgan fingerprint density at radius 2 is 2.05 bits per heavy atom. The zero-order chi connectivity index (χ0) is 14.9. The van der Waals surface area contributed by atoms with E-state index in [1.807, 2.05) is 6.92 Å². The Labute approximate surface area is 117 Å². The number of nitrogens with one attached hydrogen (secondary N) is 1. The van der Waals surface area contributed by atoms with Crippen LogP contribution in [0.25, 0.3) is 0 Å². The Balaban J connectivity index is 2.16. The molecule has 1 aliphatic rings. The van der Waals surface area contributed by atoms with Crippen LogP contribution < -0.4 is 11.1 Å². The Kier molecular flexibility index (Phi) is 4.09. The SMILES string of the molecule is CC(NC(=O)C1(C)CCCC1N)c1c(F)cccc1F. The van der Waals surface area contributed by atoms with Crippen molar-refractivity contribution in [1.29, 1.82) is 0 Å². The first-order valence-electron chi connectivity index (χ1n) is 6.86. The molecule has 0 aromatic heterocycles. The highest BCUT2D eigenvalue weighted by Crippen LogP contribution is 2.37. The fraction of sp³-hybridized carbons (Fsp3) is 0.533. The third-order valence-corrected chi connectivity index (χ3v) is 4.33. The van der Waals surface area contributed by atoms with Gasteiger partial charge < -0.3 is 11.1 Å². The van der Waals surface area contributed by atoms with Gasteiger partial charge in [-0.3, -0.25) is 4.79 Å². The molecule has 1 fully saturated rings. The first kappa shape index (κ1) is 14.9. The molecule has 0 aliphatic heterocycles. The quantitative estimate of drug-likeness (QED) is 0.895. The number of rotatable bonds is 3. The highest BCUT2D eigenvalue weighted by molar-refractivity contribution is 5.83. The van der Waals surface area contributed by atoms with Crippen LogP contribution in [0.2, 0.25) is 0 Å². The van der Waals surface area contributed by atoms with Gasteiger partial charge in [-0.15, -0.1) is 0 Å². The molecule has 1 aromatic carbocycles. The molecule has 2 rings (SSSR count). The van der Waals surface area contributed by atoms with Crippen molar-refractivity contribution in [1.82, 2.24) is 5.32 Å². The summed E-state index contributed by atoms with van der Waals surface area (Å²) >= 11 is 0. The van der Waals surface area contributed by atoms with Crippen molar-refractivity contribution in [3.05, 3.63) is 35.4 Å². The minimum atomic E-state index is -0.728. The molecular weight excluding hydrogens is 262 g/mol. The molecule has 3 N–H and O–H groups in total. The fourth-order valence-electron chi connectivity index (χ4n) is 2.83. The van der Waals surface area contributed by atoms with Crippen molar-refractivity contribution in [2.45, 2.75) is 45.2 Å². The molecule has 0 heterocycles. The molecule has 20 heavy (non-hydrogen) atoms. The minimum absolute atomic E-state index is 0.115. The van der Waals surface area contributed by atoms with Crippen LogP contribution in [0.5, 0.6) is 0 Å². The lowest BCUT2D eigenvalue weighted by Gasteiger charge is -2.29. The van der Waals surface area contributed by atoms with E-state index in [0.717, 1.165) is 12.8 Å². The fourth-order valence-corrected chi connectivity index (χ4v) is 2.83. The number of benzene rings is 1. The molecule has 3 atom stereocenters. The summed E-state index contributed by atoms with van der Waals surface area (Å²) in [4.78, 5) is 12.3. The monoisotopic (exact) mass is 282 g/mol.